The number of nitro groups is 1. The lowest BCUT2D eigenvalue weighted by Gasteiger charge is -2.08. The van der Waals surface area contributed by atoms with Gasteiger partial charge in [0.2, 0.25) is 11.7 Å². The Morgan fingerprint density at radius 2 is 2.07 bits per heavy atom. The highest BCUT2D eigenvalue weighted by molar-refractivity contribution is 7.98. The number of hydrogen-bond donors (Lipinski definition) is 0. The van der Waals surface area contributed by atoms with Gasteiger partial charge in [-0.15, -0.1) is 17.9 Å². The highest BCUT2D eigenvalue weighted by atomic mass is 32.2. The third-order valence-corrected chi connectivity index (χ3v) is 5.76. The Morgan fingerprint density at radius 3 is 2.79 bits per heavy atom. The molecule has 3 aromatic heterocycles. The lowest BCUT2D eigenvalue weighted by molar-refractivity contribution is -0.384. The van der Waals surface area contributed by atoms with Gasteiger partial charge in [-0.2, -0.15) is 4.98 Å². The van der Waals surface area contributed by atoms with Crippen LogP contribution in [-0.2, 0) is 12.3 Å². The summed E-state index contributed by atoms with van der Waals surface area (Å²) in [5.74, 6) is 1.01. The fourth-order valence-electron chi connectivity index (χ4n) is 2.62. The van der Waals surface area contributed by atoms with Crippen LogP contribution in [0.1, 0.15) is 5.89 Å². The minimum absolute atomic E-state index is 0.0109. The number of fused-ring (bicyclic) bond motifs is 1. The predicted octanol–water partition coefficient (Wildman–Crippen LogP) is 3.89. The van der Waals surface area contributed by atoms with Crippen molar-refractivity contribution in [2.75, 3.05) is 0 Å². The van der Waals surface area contributed by atoms with Crippen LogP contribution in [0.2, 0.25) is 0 Å². The molecular weight excluding hydrogens is 414 g/mol. The average Bonchev–Trinajstić information content (AvgIpc) is 3.38. The van der Waals surface area contributed by atoms with Crippen LogP contribution in [0.5, 0.6) is 0 Å². The van der Waals surface area contributed by atoms with Crippen molar-refractivity contribution < 1.29 is 9.45 Å². The molecule has 146 valence electrons. The van der Waals surface area contributed by atoms with Crippen LogP contribution in [0.15, 0.2) is 62.8 Å². The van der Waals surface area contributed by atoms with E-state index in [9.17, 15) is 14.9 Å². The highest BCUT2D eigenvalue weighted by Crippen LogP contribution is 2.25. The maximum Gasteiger partial charge on any atom is 0.269 e. The highest BCUT2D eigenvalue weighted by Gasteiger charge is 2.15. The molecule has 0 amide bonds. The molecule has 0 spiro atoms. The van der Waals surface area contributed by atoms with Crippen molar-refractivity contribution in [2.45, 2.75) is 17.5 Å². The molecular formula is C18H13N5O4S2. The number of nitro benzene ring substituents is 1. The first-order valence-electron chi connectivity index (χ1n) is 8.36. The van der Waals surface area contributed by atoms with Crippen LogP contribution in [-0.4, -0.2) is 24.6 Å². The number of allylic oxidation sites excluding steroid dienone is 1. The number of thiophene rings is 1. The maximum atomic E-state index is 12.6. The van der Waals surface area contributed by atoms with Gasteiger partial charge >= 0.3 is 0 Å². The molecule has 0 saturated heterocycles. The first-order valence-corrected chi connectivity index (χ1v) is 10.2. The monoisotopic (exact) mass is 427 g/mol. The number of non-ortho nitro benzene ring substituents is 1. The van der Waals surface area contributed by atoms with E-state index in [4.69, 9.17) is 4.52 Å². The Bertz CT molecular complexity index is 1260. The zero-order valence-corrected chi connectivity index (χ0v) is 16.5. The summed E-state index contributed by atoms with van der Waals surface area (Å²) in [5.41, 5.74) is 0.483. The minimum Gasteiger partial charge on any atom is -0.338 e. The van der Waals surface area contributed by atoms with E-state index in [1.165, 1.54) is 35.2 Å². The van der Waals surface area contributed by atoms with Gasteiger partial charge in [0.25, 0.3) is 11.2 Å². The molecule has 0 saturated carbocycles. The van der Waals surface area contributed by atoms with E-state index in [-0.39, 0.29) is 11.2 Å². The summed E-state index contributed by atoms with van der Waals surface area (Å²) in [7, 11) is 0. The van der Waals surface area contributed by atoms with Crippen molar-refractivity contribution in [2.24, 2.45) is 0 Å². The molecule has 11 heteroatoms. The van der Waals surface area contributed by atoms with Gasteiger partial charge in [-0.25, -0.2) is 4.98 Å². The Labute approximate surface area is 171 Å². The Balaban J connectivity index is 1.55. The normalized spacial score (nSPS) is 11.0. The second-order valence-corrected chi connectivity index (χ2v) is 7.68. The lowest BCUT2D eigenvalue weighted by atomic mass is 10.2. The minimum atomic E-state index is -0.470. The van der Waals surface area contributed by atoms with Crippen molar-refractivity contribution in [3.63, 3.8) is 0 Å². The Morgan fingerprint density at radius 1 is 1.28 bits per heavy atom. The summed E-state index contributed by atoms with van der Waals surface area (Å²) in [6, 6.07) is 7.65. The summed E-state index contributed by atoms with van der Waals surface area (Å²) in [4.78, 5) is 32.5. The van der Waals surface area contributed by atoms with E-state index in [1.54, 1.807) is 28.8 Å². The van der Waals surface area contributed by atoms with Crippen molar-refractivity contribution in [1.29, 1.82) is 0 Å². The largest absolute Gasteiger partial charge is 0.338 e. The zero-order valence-electron chi connectivity index (χ0n) is 14.8. The number of hydrogen-bond acceptors (Lipinski definition) is 9. The van der Waals surface area contributed by atoms with E-state index in [2.05, 4.69) is 21.7 Å². The smallest absolute Gasteiger partial charge is 0.269 e. The molecule has 0 N–H and O–H groups in total. The molecule has 9 nitrogen and oxygen atoms in total. The SMILES string of the molecule is C=CCn1c(SCc2nc(-c3ccc([N+](=O)[O-])cc3)no2)nc2sccc2c1=O. The fourth-order valence-corrected chi connectivity index (χ4v) is 4.27. The van der Waals surface area contributed by atoms with Gasteiger partial charge in [0.05, 0.1) is 16.1 Å². The summed E-state index contributed by atoms with van der Waals surface area (Å²) < 4.78 is 6.83. The van der Waals surface area contributed by atoms with E-state index in [0.29, 0.717) is 44.9 Å². The molecule has 0 aliphatic heterocycles. The number of rotatable bonds is 7. The van der Waals surface area contributed by atoms with Crippen LogP contribution in [0, 0.1) is 10.1 Å². The molecule has 0 aliphatic rings. The topological polar surface area (TPSA) is 117 Å². The van der Waals surface area contributed by atoms with E-state index in [0.717, 1.165) is 0 Å². The third kappa shape index (κ3) is 3.82. The van der Waals surface area contributed by atoms with Gasteiger partial charge in [-0.3, -0.25) is 19.5 Å². The Kier molecular flexibility index (Phi) is 5.23. The first kappa shape index (κ1) is 19.0. The molecule has 0 radical (unpaired) electrons. The number of thioether (sulfide) groups is 1. The van der Waals surface area contributed by atoms with Gasteiger partial charge in [-0.05, 0) is 23.6 Å². The standard InChI is InChI=1S/C18H13N5O4S2/c1-2-8-22-17(24)13-7-9-28-16(13)20-18(22)29-10-14-19-15(21-27-14)11-3-5-12(6-4-11)23(25)26/h2-7,9H,1,8,10H2. The maximum absolute atomic E-state index is 12.6. The van der Waals surface area contributed by atoms with E-state index < -0.39 is 4.92 Å². The van der Waals surface area contributed by atoms with E-state index in [1.807, 2.05) is 5.38 Å². The van der Waals surface area contributed by atoms with E-state index >= 15 is 0 Å². The lowest BCUT2D eigenvalue weighted by Crippen LogP contribution is -2.22. The Hall–Kier alpha value is -3.31. The van der Waals surface area contributed by atoms with Gasteiger partial charge in [0.1, 0.15) is 4.83 Å². The van der Waals surface area contributed by atoms with Crippen LogP contribution in [0.25, 0.3) is 21.6 Å². The van der Waals surface area contributed by atoms with Crippen molar-refractivity contribution >= 4 is 39.0 Å². The van der Waals surface area contributed by atoms with Gasteiger partial charge < -0.3 is 4.52 Å². The van der Waals surface area contributed by atoms with Gasteiger partial charge in [0, 0.05) is 24.2 Å². The molecule has 1 aromatic carbocycles. The molecule has 4 rings (SSSR count). The van der Waals surface area contributed by atoms with Crippen LogP contribution >= 0.6 is 23.1 Å². The number of nitrogens with zero attached hydrogens (tertiary/aromatic N) is 5. The summed E-state index contributed by atoms with van der Waals surface area (Å²) in [6.45, 7) is 4.05. The first-order chi connectivity index (χ1) is 14.1. The number of aromatic nitrogens is 4. The van der Waals surface area contributed by atoms with Crippen LogP contribution < -0.4 is 5.56 Å². The van der Waals surface area contributed by atoms with Crippen LogP contribution in [0.3, 0.4) is 0 Å². The molecule has 0 unspecified atom stereocenters. The summed E-state index contributed by atoms with van der Waals surface area (Å²) >= 11 is 2.72. The average molecular weight is 427 g/mol. The molecule has 0 bridgehead atoms. The summed E-state index contributed by atoms with van der Waals surface area (Å²) in [5, 5.41) is 17.6. The van der Waals surface area contributed by atoms with Crippen molar-refractivity contribution in [3.8, 4) is 11.4 Å². The molecule has 0 fully saturated rings. The molecule has 3 heterocycles. The van der Waals surface area contributed by atoms with Gasteiger partial charge in [-0.1, -0.05) is 23.0 Å². The van der Waals surface area contributed by atoms with Crippen molar-refractivity contribution in [1.82, 2.24) is 19.7 Å². The molecule has 0 aliphatic carbocycles. The predicted molar refractivity (Wildman–Crippen MR) is 110 cm³/mol. The molecule has 4 aromatic rings. The second-order valence-electron chi connectivity index (χ2n) is 5.84. The summed E-state index contributed by atoms with van der Waals surface area (Å²) in [6.07, 6.45) is 1.64. The van der Waals surface area contributed by atoms with Gasteiger partial charge in [0.15, 0.2) is 5.16 Å². The molecule has 0 atom stereocenters. The third-order valence-electron chi connectivity index (χ3n) is 3.99. The van der Waals surface area contributed by atoms with Crippen LogP contribution in [0.4, 0.5) is 5.69 Å². The fraction of sp³-hybridized carbons (Fsp3) is 0.111. The zero-order chi connectivity index (χ0) is 20.4. The van der Waals surface area contributed by atoms with Crippen molar-refractivity contribution in [3.05, 3.63) is 74.7 Å². The number of benzene rings is 1. The molecule has 29 heavy (non-hydrogen) atoms. The quantitative estimate of drug-likeness (QED) is 0.143. The second kappa shape index (κ2) is 7.97.